The van der Waals surface area contributed by atoms with Crippen molar-refractivity contribution in [1.82, 2.24) is 10.2 Å². The minimum Gasteiger partial charge on any atom is -0.357 e. The summed E-state index contributed by atoms with van der Waals surface area (Å²) in [4.78, 5) is 27.9. The minimum atomic E-state index is -4.08. The monoisotopic (exact) mass is 521 g/mol. The van der Waals surface area contributed by atoms with Gasteiger partial charge in [-0.05, 0) is 75.6 Å². The number of aryl methyl sites for hydroxylation is 4. The predicted molar refractivity (Wildman–Crippen MR) is 147 cm³/mol. The number of benzene rings is 3. The molecule has 0 aromatic heterocycles. The molecule has 0 aliphatic carbocycles. The molecule has 3 rings (SSSR count). The van der Waals surface area contributed by atoms with Crippen LogP contribution in [0.2, 0.25) is 0 Å². The van der Waals surface area contributed by atoms with E-state index in [2.05, 4.69) is 5.32 Å². The van der Waals surface area contributed by atoms with Crippen LogP contribution in [0.3, 0.4) is 0 Å². The standard InChI is InChI=1S/C29H35N3O4S/c1-20-10-12-27(13-11-20)37(35,36)32(26-16-22(3)14-23(4)17-26)19-28(33)31(24(5)29(34)30-6)18-25-9-7-8-21(2)15-25/h7-17,24H,18-19H2,1-6H3,(H,30,34)/t24-/m0/s1. The highest BCUT2D eigenvalue weighted by Gasteiger charge is 2.32. The molecule has 0 heterocycles. The van der Waals surface area contributed by atoms with Crippen molar-refractivity contribution in [2.45, 2.75) is 52.1 Å². The van der Waals surface area contributed by atoms with Crippen molar-refractivity contribution in [3.8, 4) is 0 Å². The summed E-state index contributed by atoms with van der Waals surface area (Å²) in [6.07, 6.45) is 0. The fourth-order valence-electron chi connectivity index (χ4n) is 4.26. The van der Waals surface area contributed by atoms with Crippen LogP contribution in [-0.2, 0) is 26.2 Å². The van der Waals surface area contributed by atoms with E-state index in [0.717, 1.165) is 32.1 Å². The van der Waals surface area contributed by atoms with Gasteiger partial charge in [-0.3, -0.25) is 13.9 Å². The first-order valence-corrected chi connectivity index (χ1v) is 13.6. The van der Waals surface area contributed by atoms with Gasteiger partial charge in [0.15, 0.2) is 0 Å². The van der Waals surface area contributed by atoms with E-state index in [1.54, 1.807) is 43.3 Å². The lowest BCUT2D eigenvalue weighted by Gasteiger charge is -2.32. The normalized spacial score (nSPS) is 12.1. The zero-order valence-electron chi connectivity index (χ0n) is 22.3. The van der Waals surface area contributed by atoms with E-state index in [1.165, 1.54) is 11.9 Å². The number of nitrogens with zero attached hydrogens (tertiary/aromatic N) is 2. The van der Waals surface area contributed by atoms with Crippen molar-refractivity contribution < 1.29 is 18.0 Å². The Morgan fingerprint density at radius 3 is 2.03 bits per heavy atom. The first-order chi connectivity index (χ1) is 17.4. The number of hydrogen-bond acceptors (Lipinski definition) is 4. The molecule has 0 spiro atoms. The Morgan fingerprint density at radius 1 is 0.838 bits per heavy atom. The Hall–Kier alpha value is -3.65. The summed E-state index contributed by atoms with van der Waals surface area (Å²) in [5, 5.41) is 2.59. The third-order valence-corrected chi connectivity index (χ3v) is 8.02. The number of nitrogens with one attached hydrogen (secondary N) is 1. The van der Waals surface area contributed by atoms with Crippen molar-refractivity contribution >= 4 is 27.5 Å². The number of anilines is 1. The molecule has 0 fully saturated rings. The van der Waals surface area contributed by atoms with Gasteiger partial charge >= 0.3 is 0 Å². The summed E-state index contributed by atoms with van der Waals surface area (Å²) < 4.78 is 28.9. The predicted octanol–water partition coefficient (Wildman–Crippen LogP) is 4.28. The lowest BCUT2D eigenvalue weighted by Crippen LogP contribution is -2.50. The molecule has 37 heavy (non-hydrogen) atoms. The van der Waals surface area contributed by atoms with Gasteiger partial charge in [-0.2, -0.15) is 0 Å². The average molecular weight is 522 g/mol. The molecule has 3 aromatic rings. The number of likely N-dealkylation sites (N-methyl/N-ethyl adjacent to an activating group) is 1. The number of rotatable bonds is 9. The van der Waals surface area contributed by atoms with Crippen molar-refractivity contribution in [2.75, 3.05) is 17.9 Å². The van der Waals surface area contributed by atoms with Gasteiger partial charge in [0.25, 0.3) is 10.0 Å². The van der Waals surface area contributed by atoms with Crippen LogP contribution >= 0.6 is 0 Å². The van der Waals surface area contributed by atoms with Crippen LogP contribution in [0.4, 0.5) is 5.69 Å². The highest BCUT2D eigenvalue weighted by atomic mass is 32.2. The van der Waals surface area contributed by atoms with E-state index in [-0.39, 0.29) is 17.3 Å². The summed E-state index contributed by atoms with van der Waals surface area (Å²) in [5.74, 6) is -0.812. The molecule has 0 bridgehead atoms. The van der Waals surface area contributed by atoms with Crippen molar-refractivity contribution in [3.05, 3.63) is 94.5 Å². The maximum Gasteiger partial charge on any atom is 0.264 e. The van der Waals surface area contributed by atoms with E-state index in [4.69, 9.17) is 0 Å². The van der Waals surface area contributed by atoms with E-state index in [0.29, 0.717) is 5.69 Å². The van der Waals surface area contributed by atoms with Crippen molar-refractivity contribution in [2.24, 2.45) is 0 Å². The van der Waals surface area contributed by atoms with E-state index in [1.807, 2.05) is 58.0 Å². The molecule has 0 saturated heterocycles. The third-order valence-electron chi connectivity index (χ3n) is 6.23. The summed E-state index contributed by atoms with van der Waals surface area (Å²) >= 11 is 0. The lowest BCUT2D eigenvalue weighted by atomic mass is 10.1. The van der Waals surface area contributed by atoms with Crippen LogP contribution in [0.15, 0.2) is 71.6 Å². The van der Waals surface area contributed by atoms with Crippen LogP contribution in [0.1, 0.15) is 34.7 Å². The molecule has 3 aromatic carbocycles. The quantitative estimate of drug-likeness (QED) is 0.455. The largest absolute Gasteiger partial charge is 0.357 e. The van der Waals surface area contributed by atoms with E-state index in [9.17, 15) is 18.0 Å². The van der Waals surface area contributed by atoms with Gasteiger partial charge in [-0.15, -0.1) is 0 Å². The molecular formula is C29H35N3O4S. The van der Waals surface area contributed by atoms with Gasteiger partial charge in [-0.1, -0.05) is 53.6 Å². The maximum atomic E-state index is 13.9. The Kier molecular flexibility index (Phi) is 8.76. The molecule has 1 N–H and O–H groups in total. The van der Waals surface area contributed by atoms with Crippen LogP contribution in [-0.4, -0.2) is 44.8 Å². The van der Waals surface area contributed by atoms with Gasteiger partial charge in [0, 0.05) is 13.6 Å². The molecule has 1 atom stereocenters. The SMILES string of the molecule is CNC(=O)[C@H](C)N(Cc1cccc(C)c1)C(=O)CN(c1cc(C)cc(C)c1)S(=O)(=O)c1ccc(C)cc1. The Morgan fingerprint density at radius 2 is 1.46 bits per heavy atom. The summed E-state index contributed by atoms with van der Waals surface area (Å²) in [5.41, 5.74) is 4.95. The smallest absolute Gasteiger partial charge is 0.264 e. The zero-order valence-corrected chi connectivity index (χ0v) is 23.1. The molecule has 2 amide bonds. The van der Waals surface area contributed by atoms with E-state index >= 15 is 0 Å². The minimum absolute atomic E-state index is 0.0923. The topological polar surface area (TPSA) is 86.8 Å². The Labute approximate surface area is 220 Å². The third kappa shape index (κ3) is 6.77. The number of carbonyl (C=O) groups is 2. The molecule has 0 saturated carbocycles. The first kappa shape index (κ1) is 27.9. The van der Waals surface area contributed by atoms with Gasteiger partial charge in [-0.25, -0.2) is 8.42 Å². The molecule has 8 heteroatoms. The first-order valence-electron chi connectivity index (χ1n) is 12.2. The number of carbonyl (C=O) groups excluding carboxylic acids is 2. The van der Waals surface area contributed by atoms with Gasteiger partial charge < -0.3 is 10.2 Å². The number of hydrogen-bond donors (Lipinski definition) is 1. The summed E-state index contributed by atoms with van der Waals surface area (Å²) in [6.45, 7) is 8.95. The lowest BCUT2D eigenvalue weighted by molar-refractivity contribution is -0.139. The molecule has 0 unspecified atom stereocenters. The summed E-state index contributed by atoms with van der Waals surface area (Å²) in [7, 11) is -2.57. The molecular weight excluding hydrogens is 486 g/mol. The van der Waals surface area contributed by atoms with Crippen molar-refractivity contribution in [1.29, 1.82) is 0 Å². The molecule has 196 valence electrons. The Balaban J connectivity index is 2.07. The maximum absolute atomic E-state index is 13.9. The van der Waals surface area contributed by atoms with Gasteiger partial charge in [0.05, 0.1) is 10.6 Å². The molecule has 7 nitrogen and oxygen atoms in total. The highest BCUT2D eigenvalue weighted by molar-refractivity contribution is 7.92. The fraction of sp³-hybridized carbons (Fsp3) is 0.310. The fourth-order valence-corrected chi connectivity index (χ4v) is 5.66. The molecule has 0 aliphatic heterocycles. The van der Waals surface area contributed by atoms with Crippen LogP contribution in [0.25, 0.3) is 0 Å². The van der Waals surface area contributed by atoms with Crippen LogP contribution in [0, 0.1) is 27.7 Å². The van der Waals surface area contributed by atoms with Crippen LogP contribution < -0.4 is 9.62 Å². The molecule has 0 radical (unpaired) electrons. The number of amides is 2. The summed E-state index contributed by atoms with van der Waals surface area (Å²) in [6, 6.07) is 18.9. The van der Waals surface area contributed by atoms with Crippen LogP contribution in [0.5, 0.6) is 0 Å². The zero-order chi connectivity index (χ0) is 27.3. The van der Waals surface area contributed by atoms with E-state index < -0.39 is 28.5 Å². The molecule has 0 aliphatic rings. The highest BCUT2D eigenvalue weighted by Crippen LogP contribution is 2.27. The second-order valence-corrected chi connectivity index (χ2v) is 11.3. The Bertz CT molecular complexity index is 1360. The number of sulfonamides is 1. The average Bonchev–Trinajstić information content (AvgIpc) is 2.84. The second kappa shape index (κ2) is 11.6. The van der Waals surface area contributed by atoms with Gasteiger partial charge in [0.1, 0.15) is 12.6 Å². The second-order valence-electron chi connectivity index (χ2n) is 9.47. The van der Waals surface area contributed by atoms with Crippen molar-refractivity contribution in [3.63, 3.8) is 0 Å². The van der Waals surface area contributed by atoms with Gasteiger partial charge in [0.2, 0.25) is 11.8 Å².